The van der Waals surface area contributed by atoms with Crippen LogP contribution in [0, 0.1) is 20.8 Å². The van der Waals surface area contributed by atoms with Gasteiger partial charge in [-0.25, -0.2) is 0 Å². The second-order valence-electron chi connectivity index (χ2n) is 5.51. The largest absolute Gasteiger partial charge is 0.306 e. The number of hydrogen-bond acceptors (Lipinski definition) is 1. The third-order valence-corrected chi connectivity index (χ3v) is 4.52. The molecule has 1 N–H and O–H groups in total. The molecule has 0 heterocycles. The van der Waals surface area contributed by atoms with Gasteiger partial charge in [0.15, 0.2) is 0 Å². The molecule has 1 nitrogen and oxygen atoms in total. The minimum absolute atomic E-state index is 0.109. The summed E-state index contributed by atoms with van der Waals surface area (Å²) in [5.74, 6) is 0. The first-order chi connectivity index (χ1) is 9.92. The van der Waals surface area contributed by atoms with Gasteiger partial charge in [-0.15, -0.1) is 0 Å². The molecule has 0 aromatic heterocycles. The number of hydrogen-bond donors (Lipinski definition) is 1. The van der Waals surface area contributed by atoms with Gasteiger partial charge in [0.25, 0.3) is 0 Å². The van der Waals surface area contributed by atoms with E-state index < -0.39 is 0 Å². The lowest BCUT2D eigenvalue weighted by Crippen LogP contribution is -2.22. The maximum atomic E-state index is 6.51. The van der Waals surface area contributed by atoms with Crippen molar-refractivity contribution in [2.45, 2.75) is 33.7 Å². The van der Waals surface area contributed by atoms with Crippen molar-refractivity contribution in [3.05, 3.63) is 67.6 Å². The lowest BCUT2D eigenvalue weighted by atomic mass is 9.94. The predicted molar refractivity (Wildman–Crippen MR) is 95.3 cm³/mol. The van der Waals surface area contributed by atoms with E-state index >= 15 is 0 Å². The van der Waals surface area contributed by atoms with E-state index in [1.165, 1.54) is 22.3 Å². The van der Waals surface area contributed by atoms with E-state index in [9.17, 15) is 0 Å². The van der Waals surface area contributed by atoms with Crippen LogP contribution in [0.2, 0.25) is 5.02 Å². The van der Waals surface area contributed by atoms with Gasteiger partial charge >= 0.3 is 0 Å². The summed E-state index contributed by atoms with van der Waals surface area (Å²) < 4.78 is 1.10. The molecule has 3 heteroatoms. The van der Waals surface area contributed by atoms with Crippen molar-refractivity contribution < 1.29 is 0 Å². The predicted octanol–water partition coefficient (Wildman–Crippen LogP) is 5.73. The molecule has 0 fully saturated rings. The van der Waals surface area contributed by atoms with Gasteiger partial charge < -0.3 is 5.32 Å². The highest BCUT2D eigenvalue weighted by Gasteiger charge is 2.17. The fourth-order valence-corrected chi connectivity index (χ4v) is 3.52. The Hall–Kier alpha value is -0.830. The lowest BCUT2D eigenvalue weighted by molar-refractivity contribution is 0.629. The zero-order valence-electron chi connectivity index (χ0n) is 12.9. The van der Waals surface area contributed by atoms with E-state index in [-0.39, 0.29) is 6.04 Å². The zero-order valence-corrected chi connectivity index (χ0v) is 15.3. The van der Waals surface area contributed by atoms with Crippen molar-refractivity contribution in [3.63, 3.8) is 0 Å². The normalized spacial score (nSPS) is 12.5. The monoisotopic (exact) mass is 365 g/mol. The van der Waals surface area contributed by atoms with Crippen molar-refractivity contribution in [3.8, 4) is 0 Å². The molecule has 0 amide bonds. The van der Waals surface area contributed by atoms with Gasteiger partial charge in [0.2, 0.25) is 0 Å². The van der Waals surface area contributed by atoms with E-state index in [2.05, 4.69) is 79.3 Å². The van der Waals surface area contributed by atoms with Gasteiger partial charge in [-0.05, 0) is 73.3 Å². The SMILES string of the molecule is CCNC(c1cc(C)cc(Br)c1)c1cc(C)c(C)cc1Cl. The summed E-state index contributed by atoms with van der Waals surface area (Å²) in [7, 11) is 0. The molecule has 0 saturated heterocycles. The average molecular weight is 367 g/mol. The van der Waals surface area contributed by atoms with Crippen LogP contribution in [0.15, 0.2) is 34.8 Å². The number of benzene rings is 2. The topological polar surface area (TPSA) is 12.0 Å². The van der Waals surface area contributed by atoms with Crippen molar-refractivity contribution in [2.24, 2.45) is 0 Å². The molecule has 112 valence electrons. The number of halogens is 2. The second kappa shape index (κ2) is 6.95. The van der Waals surface area contributed by atoms with Gasteiger partial charge in [0.05, 0.1) is 6.04 Å². The summed E-state index contributed by atoms with van der Waals surface area (Å²) >= 11 is 10.1. The van der Waals surface area contributed by atoms with Crippen LogP contribution in [0.5, 0.6) is 0 Å². The Balaban J connectivity index is 2.55. The van der Waals surface area contributed by atoms with Crippen LogP contribution < -0.4 is 5.32 Å². The average Bonchev–Trinajstić information content (AvgIpc) is 2.39. The van der Waals surface area contributed by atoms with Crippen LogP contribution in [0.4, 0.5) is 0 Å². The highest BCUT2D eigenvalue weighted by Crippen LogP contribution is 2.32. The fraction of sp³-hybridized carbons (Fsp3) is 0.333. The molecule has 0 aliphatic rings. The maximum absolute atomic E-state index is 6.51. The van der Waals surface area contributed by atoms with Crippen LogP contribution in [-0.2, 0) is 0 Å². The van der Waals surface area contributed by atoms with E-state index in [0.29, 0.717) is 0 Å². The summed E-state index contributed by atoms with van der Waals surface area (Å²) in [6, 6.07) is 10.9. The third-order valence-electron chi connectivity index (χ3n) is 3.73. The smallest absolute Gasteiger partial charge is 0.0591 e. The summed E-state index contributed by atoms with van der Waals surface area (Å²) in [6.45, 7) is 9.34. The molecule has 2 aromatic rings. The molecule has 21 heavy (non-hydrogen) atoms. The van der Waals surface area contributed by atoms with E-state index in [1.807, 2.05) is 0 Å². The molecule has 0 spiro atoms. The standard InChI is InChI=1S/C18H21BrClN/c1-5-21-18(14-6-11(2)7-15(19)10-14)16-8-12(3)13(4)9-17(16)20/h6-10,18,21H,5H2,1-4H3. The first kappa shape index (κ1) is 16.5. The minimum atomic E-state index is 0.109. The van der Waals surface area contributed by atoms with Crippen LogP contribution >= 0.6 is 27.5 Å². The maximum Gasteiger partial charge on any atom is 0.0591 e. The summed E-state index contributed by atoms with van der Waals surface area (Å²) in [6.07, 6.45) is 0. The number of nitrogens with one attached hydrogen (secondary N) is 1. The molecule has 2 aromatic carbocycles. The van der Waals surface area contributed by atoms with Crippen LogP contribution in [0.1, 0.15) is 40.8 Å². The molecule has 0 aliphatic carbocycles. The molecule has 0 aliphatic heterocycles. The van der Waals surface area contributed by atoms with Crippen molar-refractivity contribution in [1.29, 1.82) is 0 Å². The van der Waals surface area contributed by atoms with E-state index in [4.69, 9.17) is 11.6 Å². The highest BCUT2D eigenvalue weighted by atomic mass is 79.9. The summed E-state index contributed by atoms with van der Waals surface area (Å²) in [5.41, 5.74) is 6.10. The third kappa shape index (κ3) is 3.88. The summed E-state index contributed by atoms with van der Waals surface area (Å²) in [5, 5.41) is 4.37. The van der Waals surface area contributed by atoms with Gasteiger partial charge in [0, 0.05) is 9.50 Å². The van der Waals surface area contributed by atoms with Crippen molar-refractivity contribution >= 4 is 27.5 Å². The zero-order chi connectivity index (χ0) is 15.6. The summed E-state index contributed by atoms with van der Waals surface area (Å²) in [4.78, 5) is 0. The molecule has 1 unspecified atom stereocenters. The Morgan fingerprint density at radius 3 is 2.33 bits per heavy atom. The van der Waals surface area contributed by atoms with Gasteiger partial charge in [0.1, 0.15) is 0 Å². The Morgan fingerprint density at radius 2 is 1.71 bits per heavy atom. The van der Waals surface area contributed by atoms with Crippen LogP contribution in [0.3, 0.4) is 0 Å². The highest BCUT2D eigenvalue weighted by molar-refractivity contribution is 9.10. The van der Waals surface area contributed by atoms with Crippen LogP contribution in [0.25, 0.3) is 0 Å². The minimum Gasteiger partial charge on any atom is -0.306 e. The molecule has 0 radical (unpaired) electrons. The van der Waals surface area contributed by atoms with Crippen LogP contribution in [-0.4, -0.2) is 6.54 Å². The fourth-order valence-electron chi connectivity index (χ4n) is 2.57. The number of rotatable bonds is 4. The Kier molecular flexibility index (Phi) is 5.48. The molecular formula is C18H21BrClN. The molecule has 0 bridgehead atoms. The van der Waals surface area contributed by atoms with Crippen molar-refractivity contribution in [1.82, 2.24) is 5.32 Å². The quantitative estimate of drug-likeness (QED) is 0.729. The molecule has 1 atom stereocenters. The number of aryl methyl sites for hydroxylation is 3. The molecule has 2 rings (SSSR count). The first-order valence-electron chi connectivity index (χ1n) is 7.19. The lowest BCUT2D eigenvalue weighted by Gasteiger charge is -2.22. The van der Waals surface area contributed by atoms with Crippen molar-refractivity contribution in [2.75, 3.05) is 6.54 Å². The molecular weight excluding hydrogens is 346 g/mol. The van der Waals surface area contributed by atoms with E-state index in [0.717, 1.165) is 21.6 Å². The Bertz CT molecular complexity index is 632. The second-order valence-corrected chi connectivity index (χ2v) is 6.83. The van der Waals surface area contributed by atoms with Gasteiger partial charge in [-0.1, -0.05) is 46.6 Å². The molecule has 0 saturated carbocycles. The Morgan fingerprint density at radius 1 is 1.05 bits per heavy atom. The first-order valence-corrected chi connectivity index (χ1v) is 8.36. The van der Waals surface area contributed by atoms with Gasteiger partial charge in [-0.3, -0.25) is 0 Å². The van der Waals surface area contributed by atoms with E-state index in [1.54, 1.807) is 0 Å². The Labute approximate surface area is 140 Å². The van der Waals surface area contributed by atoms with Gasteiger partial charge in [-0.2, -0.15) is 0 Å².